The zero-order valence-electron chi connectivity index (χ0n) is 23.2. The van der Waals surface area contributed by atoms with Gasteiger partial charge in [-0.1, -0.05) is 47.5 Å². The maximum atomic E-state index is 14.5. The molecule has 0 aromatic rings. The van der Waals surface area contributed by atoms with Crippen molar-refractivity contribution in [3.63, 3.8) is 0 Å². The molecular formula is C30H49F3O3. The molecule has 0 heterocycles. The molecule has 0 aliphatic heterocycles. The van der Waals surface area contributed by atoms with Crippen molar-refractivity contribution in [1.29, 1.82) is 0 Å². The average molecular weight is 515 g/mol. The Morgan fingerprint density at radius 2 is 1.69 bits per heavy atom. The molecule has 36 heavy (non-hydrogen) atoms. The first-order valence-corrected chi connectivity index (χ1v) is 14.8. The lowest BCUT2D eigenvalue weighted by atomic mass is 9.43. The van der Waals surface area contributed by atoms with Crippen LogP contribution in [0.15, 0.2) is 0 Å². The summed E-state index contributed by atoms with van der Waals surface area (Å²) in [5.74, 6) is 2.95. The summed E-state index contributed by atoms with van der Waals surface area (Å²) in [4.78, 5) is 11.9. The maximum Gasteiger partial charge on any atom is 0.417 e. The summed E-state index contributed by atoms with van der Waals surface area (Å²) in [6.45, 7) is 10.9. The third kappa shape index (κ3) is 4.75. The van der Waals surface area contributed by atoms with Crippen LogP contribution in [0.3, 0.4) is 0 Å². The summed E-state index contributed by atoms with van der Waals surface area (Å²) < 4.78 is 53.9. The largest absolute Gasteiger partial charge is 0.438 e. The Bertz CT molecular complexity index is 784. The second-order valence-electron chi connectivity index (χ2n) is 13.3. The molecule has 0 bridgehead atoms. The van der Waals surface area contributed by atoms with E-state index < -0.39 is 24.5 Å². The van der Waals surface area contributed by atoms with Crippen molar-refractivity contribution in [3.8, 4) is 0 Å². The zero-order valence-corrected chi connectivity index (χ0v) is 23.2. The van der Waals surface area contributed by atoms with Gasteiger partial charge in [0.25, 0.3) is 0 Å². The summed E-state index contributed by atoms with van der Waals surface area (Å²) >= 11 is 0. The lowest BCUT2D eigenvalue weighted by Gasteiger charge is -2.62. The second kappa shape index (κ2) is 10.4. The summed E-state index contributed by atoms with van der Waals surface area (Å²) in [6, 6.07) is 0. The van der Waals surface area contributed by atoms with Crippen LogP contribution in [0.4, 0.5) is 13.2 Å². The summed E-state index contributed by atoms with van der Waals surface area (Å²) in [7, 11) is 0. The molecule has 6 heteroatoms. The molecule has 208 valence electrons. The molecule has 0 unspecified atom stereocenters. The van der Waals surface area contributed by atoms with Crippen molar-refractivity contribution >= 4 is 5.97 Å². The van der Waals surface area contributed by atoms with Gasteiger partial charge in [0.15, 0.2) is 12.4 Å². The Kier molecular flexibility index (Phi) is 8.17. The van der Waals surface area contributed by atoms with Gasteiger partial charge < -0.3 is 9.47 Å². The predicted octanol–water partition coefficient (Wildman–Crippen LogP) is 8.70. The van der Waals surface area contributed by atoms with E-state index in [0.29, 0.717) is 30.1 Å². The Labute approximate surface area is 216 Å². The number of esters is 1. The van der Waals surface area contributed by atoms with Crippen LogP contribution in [0.1, 0.15) is 118 Å². The van der Waals surface area contributed by atoms with Crippen LogP contribution in [0.5, 0.6) is 0 Å². The molecule has 4 aliphatic rings. The number of carbonyl (C=O) groups is 1. The van der Waals surface area contributed by atoms with Gasteiger partial charge in [0.1, 0.15) is 0 Å². The van der Waals surface area contributed by atoms with Crippen LogP contribution < -0.4 is 0 Å². The number of hydrogen-bond donors (Lipinski definition) is 0. The first-order valence-electron chi connectivity index (χ1n) is 14.8. The van der Waals surface area contributed by atoms with Crippen LogP contribution in [0.25, 0.3) is 0 Å². The minimum Gasteiger partial charge on any atom is -0.438 e. The highest BCUT2D eigenvalue weighted by molar-refractivity contribution is 5.69. The molecule has 4 aliphatic carbocycles. The second-order valence-corrected chi connectivity index (χ2v) is 13.3. The number of rotatable bonds is 8. The number of unbranched alkanes of at least 4 members (excludes halogenated alkanes) is 1. The monoisotopic (exact) mass is 514 g/mol. The van der Waals surface area contributed by atoms with E-state index in [4.69, 9.17) is 9.47 Å². The minimum absolute atomic E-state index is 0.000158. The fourth-order valence-electron chi connectivity index (χ4n) is 9.56. The number of ether oxygens (including phenoxy) is 2. The topological polar surface area (TPSA) is 35.5 Å². The van der Waals surface area contributed by atoms with Crippen LogP contribution in [-0.2, 0) is 14.3 Å². The van der Waals surface area contributed by atoms with Crippen LogP contribution >= 0.6 is 0 Å². The molecule has 0 radical (unpaired) electrons. The van der Waals surface area contributed by atoms with Crippen molar-refractivity contribution in [3.05, 3.63) is 0 Å². The van der Waals surface area contributed by atoms with Crippen molar-refractivity contribution in [2.75, 3.05) is 6.79 Å². The van der Waals surface area contributed by atoms with Crippen molar-refractivity contribution in [1.82, 2.24) is 0 Å². The van der Waals surface area contributed by atoms with E-state index in [0.717, 1.165) is 43.4 Å². The van der Waals surface area contributed by atoms with Crippen LogP contribution in [0.2, 0.25) is 0 Å². The van der Waals surface area contributed by atoms with Gasteiger partial charge in [0, 0.05) is 6.42 Å². The number of alkyl halides is 3. The quantitative estimate of drug-likeness (QED) is 0.240. The van der Waals surface area contributed by atoms with Gasteiger partial charge in [-0.25, -0.2) is 0 Å². The van der Waals surface area contributed by atoms with E-state index in [1.807, 2.05) is 6.92 Å². The molecule has 4 saturated carbocycles. The minimum atomic E-state index is -4.47. The highest BCUT2D eigenvalue weighted by Crippen LogP contribution is 2.69. The molecule has 0 aromatic heterocycles. The van der Waals surface area contributed by atoms with Gasteiger partial charge >= 0.3 is 12.1 Å². The highest BCUT2D eigenvalue weighted by atomic mass is 19.4. The van der Waals surface area contributed by atoms with E-state index in [1.54, 1.807) is 0 Å². The number of halogens is 3. The zero-order chi connectivity index (χ0) is 26.4. The lowest BCUT2D eigenvalue weighted by molar-refractivity contribution is -0.321. The molecular weight excluding hydrogens is 465 g/mol. The van der Waals surface area contributed by atoms with Crippen LogP contribution in [-0.4, -0.2) is 24.5 Å². The van der Waals surface area contributed by atoms with Crippen molar-refractivity contribution in [2.45, 2.75) is 130 Å². The fourth-order valence-corrected chi connectivity index (χ4v) is 9.56. The first kappa shape index (κ1) is 28.2. The van der Waals surface area contributed by atoms with Crippen molar-refractivity contribution in [2.24, 2.45) is 46.3 Å². The Balaban J connectivity index is 1.47. The molecule has 4 rings (SSSR count). The Morgan fingerprint density at radius 1 is 0.972 bits per heavy atom. The normalized spacial score (nSPS) is 43.3. The SMILES string of the molecule is CCCCC(=O)OCO[C@]1(C(F)(F)F)CC[C@@]2(C)[C@H](CC[C@@H]3[C@@H]2CC[C@]2(C)[C@@H]([C@H](C)CC)CC[C@@H]32)C1. The van der Waals surface area contributed by atoms with E-state index in [2.05, 4.69) is 27.7 Å². The number of hydrogen-bond acceptors (Lipinski definition) is 3. The van der Waals surface area contributed by atoms with Gasteiger partial charge in [0.05, 0.1) is 0 Å². The first-order chi connectivity index (χ1) is 16.9. The van der Waals surface area contributed by atoms with Gasteiger partial charge in [-0.3, -0.25) is 4.79 Å². The van der Waals surface area contributed by atoms with E-state index in [1.165, 1.54) is 25.7 Å². The number of fused-ring (bicyclic) bond motifs is 5. The fraction of sp³-hybridized carbons (Fsp3) is 0.967. The average Bonchev–Trinajstić information content (AvgIpc) is 3.19. The molecule has 0 spiro atoms. The van der Waals surface area contributed by atoms with E-state index >= 15 is 0 Å². The highest BCUT2D eigenvalue weighted by Gasteiger charge is 2.66. The van der Waals surface area contributed by atoms with Crippen LogP contribution in [0, 0.1) is 46.3 Å². The maximum absolute atomic E-state index is 14.5. The Hall–Kier alpha value is -0.780. The molecule has 4 fully saturated rings. The van der Waals surface area contributed by atoms with Gasteiger partial charge in [0.2, 0.25) is 0 Å². The smallest absolute Gasteiger partial charge is 0.417 e. The summed E-state index contributed by atoms with van der Waals surface area (Å²) in [5.41, 5.74) is -1.86. The van der Waals surface area contributed by atoms with Gasteiger partial charge in [-0.2, -0.15) is 13.2 Å². The summed E-state index contributed by atoms with van der Waals surface area (Å²) in [5, 5.41) is 0. The third-order valence-corrected chi connectivity index (χ3v) is 11.9. The molecule has 9 atom stereocenters. The van der Waals surface area contributed by atoms with Gasteiger partial charge in [-0.05, 0) is 111 Å². The third-order valence-electron chi connectivity index (χ3n) is 11.9. The molecule has 3 nitrogen and oxygen atoms in total. The molecule has 0 aromatic carbocycles. The van der Waals surface area contributed by atoms with Gasteiger partial charge in [-0.15, -0.1) is 0 Å². The van der Waals surface area contributed by atoms with E-state index in [-0.39, 0.29) is 30.6 Å². The summed E-state index contributed by atoms with van der Waals surface area (Å²) in [6.07, 6.45) is 5.92. The van der Waals surface area contributed by atoms with Crippen molar-refractivity contribution < 1.29 is 27.4 Å². The lowest BCUT2D eigenvalue weighted by Crippen LogP contribution is -2.60. The predicted molar refractivity (Wildman–Crippen MR) is 135 cm³/mol. The molecule has 0 amide bonds. The number of carbonyl (C=O) groups excluding carboxylic acids is 1. The molecule has 0 N–H and O–H groups in total. The Morgan fingerprint density at radius 3 is 2.36 bits per heavy atom. The molecule has 0 saturated heterocycles. The standard InChI is InChI=1S/C30H49F3O3/c1-6-8-9-26(34)35-19-36-29(30(31,32)33)17-16-27(4)21(18-29)10-11-22-24-13-12-23(20(3)7-2)28(24,5)15-14-25(22)27/h20-25H,6-19H2,1-5H3/t20-,21-,22+,23-,24+,25+,27+,28-,29-/m1/s1. The van der Waals surface area contributed by atoms with E-state index in [9.17, 15) is 18.0 Å².